The molecule has 23 heavy (non-hydrogen) atoms. The van der Waals surface area contributed by atoms with E-state index in [9.17, 15) is 0 Å². The van der Waals surface area contributed by atoms with Crippen LogP contribution >= 0.6 is 0 Å². The van der Waals surface area contributed by atoms with Gasteiger partial charge in [-0.1, -0.05) is 48.0 Å². The molecule has 2 aromatic rings. The summed E-state index contributed by atoms with van der Waals surface area (Å²) in [7, 11) is 0. The number of hydrogen-bond donors (Lipinski definition) is 1. The monoisotopic (exact) mass is 308 g/mol. The third kappa shape index (κ3) is 3.12. The quantitative estimate of drug-likeness (QED) is 0.943. The fourth-order valence-corrected chi connectivity index (χ4v) is 3.66. The van der Waals surface area contributed by atoms with Crippen molar-refractivity contribution in [2.24, 2.45) is 0 Å². The van der Waals surface area contributed by atoms with Crippen LogP contribution in [-0.2, 0) is 6.42 Å². The van der Waals surface area contributed by atoms with Crippen LogP contribution in [0.25, 0.3) is 11.1 Å². The van der Waals surface area contributed by atoms with Gasteiger partial charge in [-0.25, -0.2) is 0 Å². The van der Waals surface area contributed by atoms with E-state index in [-0.39, 0.29) is 6.10 Å². The minimum atomic E-state index is 0.286. The molecule has 0 aromatic heterocycles. The van der Waals surface area contributed by atoms with Crippen LogP contribution in [0, 0.1) is 6.92 Å². The standard InChI is InChI=1S/C20H24N2O/c1-15-4-2-5-16(12-15)19-7-3-6-17-13-18(23-20(17)19)14-22-10-8-21-9-11-22/h2-7,12,18,21H,8-11,13-14H2,1H3. The number of nitrogens with one attached hydrogen (secondary N) is 1. The molecule has 1 fully saturated rings. The predicted molar refractivity (Wildman–Crippen MR) is 94.0 cm³/mol. The van der Waals surface area contributed by atoms with Crippen molar-refractivity contribution < 1.29 is 4.74 Å². The Kier molecular flexibility index (Phi) is 4.06. The van der Waals surface area contributed by atoms with Gasteiger partial charge in [-0.15, -0.1) is 0 Å². The minimum absolute atomic E-state index is 0.286. The lowest BCUT2D eigenvalue weighted by molar-refractivity contribution is 0.140. The van der Waals surface area contributed by atoms with Crippen molar-refractivity contribution in [3.8, 4) is 16.9 Å². The Morgan fingerprint density at radius 1 is 1.13 bits per heavy atom. The Morgan fingerprint density at radius 2 is 1.96 bits per heavy atom. The summed E-state index contributed by atoms with van der Waals surface area (Å²) in [4.78, 5) is 2.51. The third-order valence-corrected chi connectivity index (χ3v) is 4.83. The molecule has 4 rings (SSSR count). The molecule has 0 bridgehead atoms. The van der Waals surface area contributed by atoms with E-state index in [1.54, 1.807) is 0 Å². The van der Waals surface area contributed by atoms with E-state index in [4.69, 9.17) is 4.74 Å². The number of fused-ring (bicyclic) bond motifs is 1. The predicted octanol–water partition coefficient (Wildman–Crippen LogP) is 2.87. The first-order chi connectivity index (χ1) is 11.3. The van der Waals surface area contributed by atoms with Crippen LogP contribution in [0.1, 0.15) is 11.1 Å². The topological polar surface area (TPSA) is 24.5 Å². The molecule has 0 spiro atoms. The SMILES string of the molecule is Cc1cccc(-c2cccc3c2OC(CN2CCNCC2)C3)c1. The van der Waals surface area contributed by atoms with Crippen LogP contribution in [-0.4, -0.2) is 43.7 Å². The fourth-order valence-electron chi connectivity index (χ4n) is 3.66. The van der Waals surface area contributed by atoms with E-state index in [0.717, 1.165) is 44.9 Å². The summed E-state index contributed by atoms with van der Waals surface area (Å²) in [5.74, 6) is 1.10. The summed E-state index contributed by atoms with van der Waals surface area (Å²) in [5.41, 5.74) is 5.12. The highest BCUT2D eigenvalue weighted by atomic mass is 16.5. The average molecular weight is 308 g/mol. The molecule has 1 saturated heterocycles. The Bertz CT molecular complexity index is 692. The normalized spacial score (nSPS) is 21.0. The highest BCUT2D eigenvalue weighted by Gasteiger charge is 2.27. The number of hydrogen-bond acceptors (Lipinski definition) is 3. The summed E-state index contributed by atoms with van der Waals surface area (Å²) in [6.07, 6.45) is 1.31. The van der Waals surface area contributed by atoms with E-state index < -0.39 is 0 Å². The van der Waals surface area contributed by atoms with Crippen LogP contribution in [0.5, 0.6) is 5.75 Å². The smallest absolute Gasteiger partial charge is 0.130 e. The van der Waals surface area contributed by atoms with Gasteiger partial charge in [0.2, 0.25) is 0 Å². The first kappa shape index (κ1) is 14.7. The fraction of sp³-hybridized carbons (Fsp3) is 0.400. The lowest BCUT2D eigenvalue weighted by Gasteiger charge is -2.29. The first-order valence-corrected chi connectivity index (χ1v) is 8.58. The van der Waals surface area contributed by atoms with Crippen LogP contribution in [0.4, 0.5) is 0 Å². The van der Waals surface area contributed by atoms with Crippen molar-refractivity contribution in [3.63, 3.8) is 0 Å². The minimum Gasteiger partial charge on any atom is -0.488 e. The molecule has 1 atom stereocenters. The number of nitrogens with zero attached hydrogens (tertiary/aromatic N) is 1. The summed E-state index contributed by atoms with van der Waals surface area (Å²) >= 11 is 0. The number of benzene rings is 2. The average Bonchev–Trinajstić information content (AvgIpc) is 2.98. The largest absolute Gasteiger partial charge is 0.488 e. The summed E-state index contributed by atoms with van der Waals surface area (Å²) in [5, 5.41) is 3.41. The zero-order chi connectivity index (χ0) is 15.6. The summed E-state index contributed by atoms with van der Waals surface area (Å²) in [6, 6.07) is 15.2. The zero-order valence-electron chi connectivity index (χ0n) is 13.7. The molecular formula is C20H24N2O. The number of aryl methyl sites for hydroxylation is 1. The van der Waals surface area contributed by atoms with Crippen LogP contribution in [0.15, 0.2) is 42.5 Å². The lowest BCUT2D eigenvalue weighted by atomic mass is 9.99. The molecule has 3 heteroatoms. The lowest BCUT2D eigenvalue weighted by Crippen LogP contribution is -2.47. The van der Waals surface area contributed by atoms with Gasteiger partial charge in [0, 0.05) is 44.7 Å². The van der Waals surface area contributed by atoms with Gasteiger partial charge in [0.1, 0.15) is 11.9 Å². The van der Waals surface area contributed by atoms with Gasteiger partial charge < -0.3 is 10.1 Å². The van der Waals surface area contributed by atoms with Crippen molar-refractivity contribution in [1.82, 2.24) is 10.2 Å². The Morgan fingerprint density at radius 3 is 2.78 bits per heavy atom. The van der Waals surface area contributed by atoms with Gasteiger partial charge in [0.05, 0.1) is 0 Å². The van der Waals surface area contributed by atoms with Gasteiger partial charge in [-0.2, -0.15) is 0 Å². The Labute approximate surface area is 138 Å². The maximum atomic E-state index is 6.37. The number of rotatable bonds is 3. The third-order valence-electron chi connectivity index (χ3n) is 4.83. The van der Waals surface area contributed by atoms with Crippen LogP contribution in [0.2, 0.25) is 0 Å². The van der Waals surface area contributed by atoms with E-state index in [2.05, 4.69) is 59.6 Å². The van der Waals surface area contributed by atoms with Gasteiger partial charge in [0.15, 0.2) is 0 Å². The second-order valence-electron chi connectivity index (χ2n) is 6.66. The maximum Gasteiger partial charge on any atom is 0.130 e. The maximum absolute atomic E-state index is 6.37. The molecule has 2 heterocycles. The van der Waals surface area contributed by atoms with Gasteiger partial charge in [-0.05, 0) is 18.1 Å². The Hall–Kier alpha value is -1.84. The number of ether oxygens (including phenoxy) is 1. The first-order valence-electron chi connectivity index (χ1n) is 8.58. The molecule has 120 valence electrons. The number of para-hydroxylation sites is 1. The highest BCUT2D eigenvalue weighted by Crippen LogP contribution is 2.39. The molecule has 2 aromatic carbocycles. The molecule has 2 aliphatic rings. The molecule has 0 radical (unpaired) electrons. The van der Waals surface area contributed by atoms with Crippen molar-refractivity contribution in [1.29, 1.82) is 0 Å². The van der Waals surface area contributed by atoms with Crippen LogP contribution in [0.3, 0.4) is 0 Å². The molecular weight excluding hydrogens is 284 g/mol. The number of piperazine rings is 1. The van der Waals surface area contributed by atoms with Gasteiger partial charge >= 0.3 is 0 Å². The summed E-state index contributed by atoms with van der Waals surface area (Å²) in [6.45, 7) is 7.61. The molecule has 1 N–H and O–H groups in total. The second kappa shape index (κ2) is 6.34. The second-order valence-corrected chi connectivity index (χ2v) is 6.66. The van der Waals surface area contributed by atoms with Crippen molar-refractivity contribution >= 4 is 0 Å². The van der Waals surface area contributed by atoms with Gasteiger partial charge in [0.25, 0.3) is 0 Å². The Balaban J connectivity index is 1.55. The van der Waals surface area contributed by atoms with Crippen molar-refractivity contribution in [2.45, 2.75) is 19.4 Å². The van der Waals surface area contributed by atoms with Crippen LogP contribution < -0.4 is 10.1 Å². The van der Waals surface area contributed by atoms with Crippen molar-refractivity contribution in [3.05, 3.63) is 53.6 Å². The molecule has 0 saturated carbocycles. The van der Waals surface area contributed by atoms with E-state index in [1.165, 1.54) is 22.3 Å². The highest BCUT2D eigenvalue weighted by molar-refractivity contribution is 5.73. The zero-order valence-corrected chi connectivity index (χ0v) is 13.7. The van der Waals surface area contributed by atoms with Crippen molar-refractivity contribution in [2.75, 3.05) is 32.7 Å². The molecule has 2 aliphatic heterocycles. The molecule has 0 aliphatic carbocycles. The van der Waals surface area contributed by atoms with E-state index in [1.807, 2.05) is 0 Å². The molecule has 1 unspecified atom stereocenters. The van der Waals surface area contributed by atoms with Gasteiger partial charge in [-0.3, -0.25) is 4.90 Å². The molecule has 3 nitrogen and oxygen atoms in total. The molecule has 0 amide bonds. The summed E-state index contributed by atoms with van der Waals surface area (Å²) < 4.78 is 6.37. The van der Waals surface area contributed by atoms with E-state index >= 15 is 0 Å². The van der Waals surface area contributed by atoms with E-state index in [0.29, 0.717) is 0 Å².